The Balaban J connectivity index is 1.86. The molecule has 0 aromatic heterocycles. The van der Waals surface area contributed by atoms with Gasteiger partial charge in [-0.15, -0.1) is 0 Å². The van der Waals surface area contributed by atoms with Gasteiger partial charge >= 0.3 is 5.97 Å². The predicted octanol–water partition coefficient (Wildman–Crippen LogP) is 3.48. The monoisotopic (exact) mass is 363 g/mol. The van der Waals surface area contributed by atoms with Crippen LogP contribution in [0.4, 0.5) is 14.5 Å². The van der Waals surface area contributed by atoms with Crippen LogP contribution in [0, 0.1) is 11.6 Å². The lowest BCUT2D eigenvalue weighted by Gasteiger charge is -2.14. The number of aryl methyl sites for hydroxylation is 1. The average molecular weight is 363 g/mol. The van der Waals surface area contributed by atoms with Gasteiger partial charge in [0.1, 0.15) is 17.4 Å². The van der Waals surface area contributed by atoms with Gasteiger partial charge in [-0.1, -0.05) is 18.2 Å². The molecule has 0 spiro atoms. The van der Waals surface area contributed by atoms with Crippen molar-refractivity contribution in [3.63, 3.8) is 0 Å². The Morgan fingerprint density at radius 1 is 1.15 bits per heavy atom. The Hall–Kier alpha value is -2.96. The number of para-hydroxylation sites is 1. The van der Waals surface area contributed by atoms with E-state index in [0.717, 1.165) is 17.7 Å². The van der Waals surface area contributed by atoms with E-state index in [0.29, 0.717) is 18.2 Å². The Labute approximate surface area is 149 Å². The number of benzene rings is 2. The summed E-state index contributed by atoms with van der Waals surface area (Å²) in [5, 5.41) is 2.26. The number of carbonyl (C=O) groups is 2. The number of ether oxygens (including phenoxy) is 2. The number of anilines is 1. The molecule has 1 amide bonds. The quantitative estimate of drug-likeness (QED) is 0.765. The zero-order valence-electron chi connectivity index (χ0n) is 14.4. The Morgan fingerprint density at radius 2 is 1.88 bits per heavy atom. The molecule has 2 rings (SSSR count). The summed E-state index contributed by atoms with van der Waals surface area (Å²) in [7, 11) is 1.54. The second kappa shape index (κ2) is 8.94. The standard InChI is InChI=1S/C19H19F2NO4/c1-12(19(24)22-16-9-8-14(20)11-15(16)21)26-18(23)10-7-13-5-3-4-6-17(13)25-2/h3-6,8-9,11-12H,7,10H2,1-2H3,(H,22,24)/t12-/m0/s1. The van der Waals surface area contributed by atoms with Gasteiger partial charge < -0.3 is 14.8 Å². The molecule has 5 nitrogen and oxygen atoms in total. The van der Waals surface area contributed by atoms with E-state index in [1.54, 1.807) is 6.07 Å². The van der Waals surface area contributed by atoms with Crippen LogP contribution in [0.15, 0.2) is 42.5 Å². The normalized spacial score (nSPS) is 11.5. The van der Waals surface area contributed by atoms with Crippen molar-refractivity contribution in [2.24, 2.45) is 0 Å². The van der Waals surface area contributed by atoms with Gasteiger partial charge in [0.2, 0.25) is 0 Å². The van der Waals surface area contributed by atoms with Crippen LogP contribution in [0.1, 0.15) is 18.9 Å². The zero-order chi connectivity index (χ0) is 19.1. The molecule has 26 heavy (non-hydrogen) atoms. The summed E-state index contributed by atoms with van der Waals surface area (Å²) in [5.41, 5.74) is 0.658. The van der Waals surface area contributed by atoms with Crippen molar-refractivity contribution < 1.29 is 27.8 Å². The summed E-state index contributed by atoms with van der Waals surface area (Å²) < 4.78 is 36.7. The molecule has 1 N–H and O–H groups in total. The van der Waals surface area contributed by atoms with Crippen molar-refractivity contribution >= 4 is 17.6 Å². The molecule has 7 heteroatoms. The van der Waals surface area contributed by atoms with Crippen molar-refractivity contribution in [2.75, 3.05) is 12.4 Å². The number of hydrogen-bond donors (Lipinski definition) is 1. The predicted molar refractivity (Wildman–Crippen MR) is 91.9 cm³/mol. The fourth-order valence-electron chi connectivity index (χ4n) is 2.28. The lowest BCUT2D eigenvalue weighted by atomic mass is 10.1. The third kappa shape index (κ3) is 5.27. The molecule has 1 atom stereocenters. The number of nitrogens with one attached hydrogen (secondary N) is 1. The molecule has 0 radical (unpaired) electrons. The maximum atomic E-state index is 13.5. The third-order valence-corrected chi connectivity index (χ3v) is 3.66. The molecule has 0 aliphatic rings. The molecule has 138 valence electrons. The number of rotatable bonds is 7. The minimum absolute atomic E-state index is 0.0584. The van der Waals surface area contributed by atoms with Crippen LogP contribution in [0.3, 0.4) is 0 Å². The molecule has 0 fully saturated rings. The first-order valence-electron chi connectivity index (χ1n) is 7.98. The van der Waals surface area contributed by atoms with E-state index in [1.165, 1.54) is 14.0 Å². The number of hydrogen-bond acceptors (Lipinski definition) is 4. The van der Waals surface area contributed by atoms with Gasteiger partial charge in [0, 0.05) is 12.5 Å². The average Bonchev–Trinajstić information content (AvgIpc) is 2.62. The first-order chi connectivity index (χ1) is 12.4. The lowest BCUT2D eigenvalue weighted by molar-refractivity contribution is -0.153. The van der Waals surface area contributed by atoms with Gasteiger partial charge in [-0.25, -0.2) is 8.78 Å². The van der Waals surface area contributed by atoms with E-state index in [1.807, 2.05) is 18.2 Å². The minimum Gasteiger partial charge on any atom is -0.496 e. The van der Waals surface area contributed by atoms with Gasteiger partial charge in [0.25, 0.3) is 5.91 Å². The summed E-state index contributed by atoms with van der Waals surface area (Å²) in [5.74, 6) is -2.28. The van der Waals surface area contributed by atoms with Crippen LogP contribution < -0.4 is 10.1 Å². The van der Waals surface area contributed by atoms with Crippen molar-refractivity contribution in [3.8, 4) is 5.75 Å². The van der Waals surface area contributed by atoms with Crippen LogP contribution in [0.25, 0.3) is 0 Å². The molecule has 0 aliphatic heterocycles. The Morgan fingerprint density at radius 3 is 2.58 bits per heavy atom. The van der Waals surface area contributed by atoms with Crippen molar-refractivity contribution in [2.45, 2.75) is 25.9 Å². The molecule has 0 aliphatic carbocycles. The highest BCUT2D eigenvalue weighted by Crippen LogP contribution is 2.19. The summed E-state index contributed by atoms with van der Waals surface area (Å²) >= 11 is 0. The highest BCUT2D eigenvalue weighted by atomic mass is 19.1. The summed E-state index contributed by atoms with van der Waals surface area (Å²) in [4.78, 5) is 23.9. The maximum Gasteiger partial charge on any atom is 0.306 e. The third-order valence-electron chi connectivity index (χ3n) is 3.66. The fraction of sp³-hybridized carbons (Fsp3) is 0.263. The molecular weight excluding hydrogens is 344 g/mol. The second-order valence-electron chi connectivity index (χ2n) is 5.56. The van der Waals surface area contributed by atoms with Gasteiger partial charge in [0.15, 0.2) is 6.10 Å². The van der Waals surface area contributed by atoms with Crippen molar-refractivity contribution in [1.29, 1.82) is 0 Å². The Bertz CT molecular complexity index is 795. The largest absolute Gasteiger partial charge is 0.496 e. The first kappa shape index (κ1) is 19.4. The second-order valence-corrected chi connectivity index (χ2v) is 5.56. The van der Waals surface area contributed by atoms with E-state index in [9.17, 15) is 18.4 Å². The molecule has 0 saturated heterocycles. The zero-order valence-corrected chi connectivity index (χ0v) is 14.4. The smallest absolute Gasteiger partial charge is 0.306 e. The molecule has 2 aromatic carbocycles. The highest BCUT2D eigenvalue weighted by Gasteiger charge is 2.19. The highest BCUT2D eigenvalue weighted by molar-refractivity contribution is 5.95. The fourth-order valence-corrected chi connectivity index (χ4v) is 2.28. The minimum atomic E-state index is -1.12. The molecule has 0 saturated carbocycles. The van der Waals surface area contributed by atoms with E-state index >= 15 is 0 Å². The van der Waals surface area contributed by atoms with Crippen LogP contribution >= 0.6 is 0 Å². The van der Waals surface area contributed by atoms with Crippen LogP contribution in [0.2, 0.25) is 0 Å². The van der Waals surface area contributed by atoms with Crippen molar-refractivity contribution in [3.05, 3.63) is 59.7 Å². The molecular formula is C19H19F2NO4. The van der Waals surface area contributed by atoms with Gasteiger partial charge in [-0.2, -0.15) is 0 Å². The summed E-state index contributed by atoms with van der Waals surface area (Å²) in [6, 6.07) is 10.0. The first-order valence-corrected chi connectivity index (χ1v) is 7.98. The van der Waals surface area contributed by atoms with Gasteiger partial charge in [0.05, 0.1) is 12.8 Å². The maximum absolute atomic E-state index is 13.5. The van der Waals surface area contributed by atoms with Crippen LogP contribution in [-0.2, 0) is 20.7 Å². The SMILES string of the molecule is COc1ccccc1CCC(=O)O[C@@H](C)C(=O)Nc1ccc(F)cc1F. The molecule has 0 bridgehead atoms. The number of methoxy groups -OCH3 is 1. The number of amides is 1. The van der Waals surface area contributed by atoms with Crippen LogP contribution in [0.5, 0.6) is 5.75 Å². The summed E-state index contributed by atoms with van der Waals surface area (Å²) in [6.07, 6.45) is -0.670. The van der Waals surface area contributed by atoms with E-state index in [2.05, 4.69) is 5.32 Å². The van der Waals surface area contributed by atoms with E-state index in [-0.39, 0.29) is 12.1 Å². The topological polar surface area (TPSA) is 64.6 Å². The Kier molecular flexibility index (Phi) is 6.66. The van der Waals surface area contributed by atoms with E-state index < -0.39 is 29.6 Å². The molecule has 0 heterocycles. The van der Waals surface area contributed by atoms with Crippen molar-refractivity contribution in [1.82, 2.24) is 0 Å². The number of carbonyl (C=O) groups excluding carboxylic acids is 2. The lowest BCUT2D eigenvalue weighted by Crippen LogP contribution is -2.30. The number of halogens is 2. The number of esters is 1. The van der Waals surface area contributed by atoms with Crippen LogP contribution in [-0.4, -0.2) is 25.1 Å². The molecule has 0 unspecified atom stereocenters. The van der Waals surface area contributed by atoms with Gasteiger partial charge in [-0.05, 0) is 37.1 Å². The summed E-state index contributed by atoms with van der Waals surface area (Å²) in [6.45, 7) is 1.37. The van der Waals surface area contributed by atoms with Gasteiger partial charge in [-0.3, -0.25) is 9.59 Å². The van der Waals surface area contributed by atoms with E-state index in [4.69, 9.17) is 9.47 Å². The molecule has 2 aromatic rings.